The summed E-state index contributed by atoms with van der Waals surface area (Å²) in [5, 5.41) is 2.60. The maximum Gasteiger partial charge on any atom is 0.279 e. The molecule has 1 aromatic carbocycles. The number of carbonyl (C=O) groups is 2. The molecule has 2 heterocycles. The molecule has 3 rings (SSSR count). The van der Waals surface area contributed by atoms with E-state index in [-0.39, 0.29) is 17.2 Å². The van der Waals surface area contributed by atoms with Gasteiger partial charge in [-0.2, -0.15) is 0 Å². The van der Waals surface area contributed by atoms with Crippen molar-refractivity contribution in [3.63, 3.8) is 0 Å². The third-order valence-corrected chi connectivity index (χ3v) is 4.91. The molecule has 1 N–H and O–H groups in total. The molecule has 0 unspecified atom stereocenters. The second-order valence-corrected chi connectivity index (χ2v) is 6.51. The number of amides is 2. The van der Waals surface area contributed by atoms with Crippen molar-refractivity contribution in [1.29, 1.82) is 0 Å². The number of rotatable bonds is 4. The van der Waals surface area contributed by atoms with Crippen molar-refractivity contribution in [2.45, 2.75) is 19.4 Å². The highest BCUT2D eigenvalue weighted by molar-refractivity contribution is 8.14. The minimum atomic E-state index is -0.368. The van der Waals surface area contributed by atoms with Gasteiger partial charge < -0.3 is 15.0 Å². The third kappa shape index (κ3) is 3.69. The molecule has 0 saturated carbocycles. The maximum atomic E-state index is 12.4. The van der Waals surface area contributed by atoms with Crippen LogP contribution in [0.15, 0.2) is 30.3 Å². The van der Waals surface area contributed by atoms with Gasteiger partial charge in [0.05, 0.1) is 6.61 Å². The molecule has 0 spiro atoms. The highest BCUT2D eigenvalue weighted by Crippen LogP contribution is 2.25. The summed E-state index contributed by atoms with van der Waals surface area (Å²) in [7, 11) is 0. The van der Waals surface area contributed by atoms with Gasteiger partial charge in [0.25, 0.3) is 5.24 Å². The average Bonchev–Trinajstić information content (AvgIpc) is 3.02. The lowest BCUT2D eigenvalue weighted by Crippen LogP contribution is -2.46. The van der Waals surface area contributed by atoms with Crippen molar-refractivity contribution in [3.8, 4) is 5.75 Å². The Labute approximate surface area is 140 Å². The summed E-state index contributed by atoms with van der Waals surface area (Å²) in [5.74, 6) is 1.42. The molecular weight excluding hydrogens is 312 g/mol. The molecule has 1 saturated heterocycles. The number of carbonyl (C=O) groups excluding carboxylic acids is 2. The van der Waals surface area contributed by atoms with Crippen molar-refractivity contribution < 1.29 is 14.3 Å². The summed E-state index contributed by atoms with van der Waals surface area (Å²) in [6, 6.07) is 7.70. The van der Waals surface area contributed by atoms with Crippen molar-refractivity contribution in [2.75, 3.05) is 25.4 Å². The Morgan fingerprint density at radius 2 is 2.17 bits per heavy atom. The van der Waals surface area contributed by atoms with Crippen LogP contribution in [0.2, 0.25) is 0 Å². The molecule has 0 aromatic heterocycles. The van der Waals surface area contributed by atoms with Crippen LogP contribution in [0.3, 0.4) is 0 Å². The number of thioether (sulfide) groups is 1. The fourth-order valence-corrected chi connectivity index (χ4v) is 3.57. The van der Waals surface area contributed by atoms with E-state index in [0.29, 0.717) is 25.4 Å². The molecule has 1 fully saturated rings. The van der Waals surface area contributed by atoms with Crippen LogP contribution in [-0.2, 0) is 4.79 Å². The number of ether oxygens (including phenoxy) is 1. The Balaban J connectivity index is 1.61. The summed E-state index contributed by atoms with van der Waals surface area (Å²) in [5.41, 5.74) is 2.42. The monoisotopic (exact) mass is 332 g/mol. The topological polar surface area (TPSA) is 58.6 Å². The van der Waals surface area contributed by atoms with Crippen LogP contribution in [0, 0.1) is 0 Å². The molecule has 0 bridgehead atoms. The summed E-state index contributed by atoms with van der Waals surface area (Å²) < 4.78 is 5.45. The van der Waals surface area contributed by atoms with Crippen LogP contribution >= 0.6 is 11.8 Å². The molecule has 0 radical (unpaired) electrons. The quantitative estimate of drug-likeness (QED) is 0.920. The highest BCUT2D eigenvalue weighted by Gasteiger charge is 2.31. The largest absolute Gasteiger partial charge is 0.494 e. The van der Waals surface area contributed by atoms with Gasteiger partial charge in [-0.25, -0.2) is 0 Å². The smallest absolute Gasteiger partial charge is 0.279 e. The van der Waals surface area contributed by atoms with Crippen molar-refractivity contribution in [1.82, 2.24) is 10.2 Å². The zero-order chi connectivity index (χ0) is 16.2. The molecule has 0 aliphatic carbocycles. The number of benzene rings is 1. The Morgan fingerprint density at radius 3 is 2.74 bits per heavy atom. The van der Waals surface area contributed by atoms with E-state index >= 15 is 0 Å². The van der Waals surface area contributed by atoms with E-state index in [1.54, 1.807) is 0 Å². The Kier molecular flexibility index (Phi) is 4.91. The molecule has 5 nitrogen and oxygen atoms in total. The van der Waals surface area contributed by atoms with Crippen molar-refractivity contribution >= 4 is 28.5 Å². The molecule has 6 heteroatoms. The lowest BCUT2D eigenvalue weighted by Gasteiger charge is -2.28. The van der Waals surface area contributed by atoms with E-state index in [9.17, 15) is 9.59 Å². The predicted molar refractivity (Wildman–Crippen MR) is 91.6 cm³/mol. The van der Waals surface area contributed by atoms with Gasteiger partial charge in [0.2, 0.25) is 5.91 Å². The number of nitrogens with one attached hydrogen (secondary N) is 1. The maximum absolute atomic E-state index is 12.4. The zero-order valence-corrected chi connectivity index (χ0v) is 13.9. The Hall–Kier alpha value is -1.95. The molecule has 1 aromatic rings. The molecule has 122 valence electrons. The van der Waals surface area contributed by atoms with Crippen LogP contribution in [0.4, 0.5) is 4.79 Å². The van der Waals surface area contributed by atoms with Gasteiger partial charge in [0.1, 0.15) is 11.8 Å². The normalized spacial score (nSPS) is 20.9. The Bertz CT molecular complexity index is 627. The first-order valence-corrected chi connectivity index (χ1v) is 8.80. The minimum absolute atomic E-state index is 0.0188. The van der Waals surface area contributed by atoms with Gasteiger partial charge in [0.15, 0.2) is 0 Å². The lowest BCUT2D eigenvalue weighted by molar-refractivity contribution is -0.132. The van der Waals surface area contributed by atoms with Gasteiger partial charge in [-0.05, 0) is 36.6 Å². The fraction of sp³-hybridized carbons (Fsp3) is 0.412. The van der Waals surface area contributed by atoms with Gasteiger partial charge in [-0.15, -0.1) is 0 Å². The number of hydrogen-bond donors (Lipinski definition) is 1. The second kappa shape index (κ2) is 7.08. The summed E-state index contributed by atoms with van der Waals surface area (Å²) in [6.07, 6.45) is 2.93. The van der Waals surface area contributed by atoms with Crippen LogP contribution in [0.5, 0.6) is 5.75 Å². The van der Waals surface area contributed by atoms with Gasteiger partial charge in [-0.1, -0.05) is 30.0 Å². The Morgan fingerprint density at radius 1 is 1.39 bits per heavy atom. The van der Waals surface area contributed by atoms with E-state index < -0.39 is 0 Å². The van der Waals surface area contributed by atoms with Crippen LogP contribution in [0.25, 0.3) is 5.57 Å². The van der Waals surface area contributed by atoms with E-state index in [4.69, 9.17) is 4.74 Å². The lowest BCUT2D eigenvalue weighted by atomic mass is 9.99. The van der Waals surface area contributed by atoms with Gasteiger partial charge in [-0.3, -0.25) is 9.59 Å². The zero-order valence-electron chi connectivity index (χ0n) is 13.1. The molecular formula is C17H20N2O3S. The van der Waals surface area contributed by atoms with Crippen LogP contribution < -0.4 is 10.1 Å². The molecule has 2 amide bonds. The first kappa shape index (κ1) is 15.9. The average molecular weight is 332 g/mol. The van der Waals surface area contributed by atoms with E-state index in [2.05, 4.69) is 23.5 Å². The standard InChI is InChI=1S/C17H20N2O3S/c1-2-22-14-5-3-12(4-6-14)13-7-9-19(10-8-13)16(20)15-11-23-17(21)18-15/h3-7,15H,2,8-11H2,1H3,(H,18,21)/t15-/m0/s1. The summed E-state index contributed by atoms with van der Waals surface area (Å²) >= 11 is 1.18. The molecule has 2 aliphatic heterocycles. The van der Waals surface area contributed by atoms with E-state index in [1.807, 2.05) is 24.0 Å². The van der Waals surface area contributed by atoms with Crippen molar-refractivity contribution in [3.05, 3.63) is 35.9 Å². The van der Waals surface area contributed by atoms with Gasteiger partial charge >= 0.3 is 0 Å². The predicted octanol–water partition coefficient (Wildman–Crippen LogP) is 2.53. The first-order chi connectivity index (χ1) is 11.2. The summed E-state index contributed by atoms with van der Waals surface area (Å²) in [4.78, 5) is 25.4. The molecule has 1 atom stereocenters. The number of nitrogens with zero attached hydrogens (tertiary/aromatic N) is 1. The third-order valence-electron chi connectivity index (χ3n) is 4.03. The fourth-order valence-electron chi connectivity index (χ4n) is 2.80. The first-order valence-electron chi connectivity index (χ1n) is 7.81. The minimum Gasteiger partial charge on any atom is -0.494 e. The second-order valence-electron chi connectivity index (χ2n) is 5.52. The van der Waals surface area contributed by atoms with Crippen LogP contribution in [0.1, 0.15) is 18.9 Å². The molecule has 2 aliphatic rings. The highest BCUT2D eigenvalue weighted by atomic mass is 32.2. The van der Waals surface area contributed by atoms with E-state index in [1.165, 1.54) is 22.9 Å². The van der Waals surface area contributed by atoms with Crippen LogP contribution in [-0.4, -0.2) is 47.5 Å². The SMILES string of the molecule is CCOc1ccc(C2=CCN(C(=O)[C@@H]3CSC(=O)N3)CC2)cc1. The van der Waals surface area contributed by atoms with Gasteiger partial charge in [0, 0.05) is 18.8 Å². The number of hydrogen-bond acceptors (Lipinski definition) is 4. The van der Waals surface area contributed by atoms with Crippen molar-refractivity contribution in [2.24, 2.45) is 0 Å². The van der Waals surface area contributed by atoms with E-state index in [0.717, 1.165) is 12.2 Å². The summed E-state index contributed by atoms with van der Waals surface area (Å²) in [6.45, 7) is 3.91. The molecule has 23 heavy (non-hydrogen) atoms.